The van der Waals surface area contributed by atoms with Crippen molar-refractivity contribution in [2.75, 3.05) is 28.4 Å². The Kier molecular flexibility index (Phi) is 279. The van der Waals surface area contributed by atoms with Gasteiger partial charge in [0, 0.05) is 45.8 Å². The summed E-state index contributed by atoms with van der Waals surface area (Å²) in [5.41, 5.74) is 0. The normalized spacial score (nSPS) is 5.67. The van der Waals surface area contributed by atoms with Crippen molar-refractivity contribution in [3.63, 3.8) is 0 Å². The topological polar surface area (TPSA) is 248 Å². The van der Waals surface area contributed by atoms with Crippen molar-refractivity contribution in [3.8, 4) is 0 Å². The molecule has 3 radical (unpaired) electrons. The van der Waals surface area contributed by atoms with Crippen LogP contribution in [0.15, 0.2) is 0 Å². The standard InChI is InChI=1S/2CH4O.2CH3O.4Al.16ClH.6H2O.2Ti/c4*1-2;;;;;;;;;;;;;;;;;;;;;;;;;;;;/h2*2H,1H3;2*1H3;;;;;16*1H;6*1H2;;/q;;2*-1;;3*+3;;;;;;;;;;;;;;;;;;;;;;;+3;+4/p-14. The summed E-state index contributed by atoms with van der Waals surface area (Å²) >= 11 is -10.2. The third kappa shape index (κ3) is 500. The minimum absolute atomic E-state index is 0. The van der Waals surface area contributed by atoms with Crippen molar-refractivity contribution in [3.05, 3.63) is 0 Å². The van der Waals surface area contributed by atoms with Gasteiger partial charge in [-0.1, -0.05) is 0 Å². The second-order valence-electron chi connectivity index (χ2n) is 1.88. The fourth-order valence-corrected chi connectivity index (χ4v) is 0. The van der Waals surface area contributed by atoms with Crippen molar-refractivity contribution in [1.29, 1.82) is 0 Å². The first-order chi connectivity index (χ1) is 12.0. The Labute approximate surface area is 314 Å². The molecule has 36 heavy (non-hydrogen) atoms. The van der Waals surface area contributed by atoms with E-state index in [1.165, 1.54) is 14.2 Å². The molecule has 0 atom stereocenters. The summed E-state index contributed by atoms with van der Waals surface area (Å²) < 4.78 is 8.84. The van der Waals surface area contributed by atoms with Crippen LogP contribution in [0, 0.1) is 0 Å². The Morgan fingerprint density at radius 3 is 0.583 bits per heavy atom. The van der Waals surface area contributed by atoms with E-state index in [2.05, 4.69) is 7.58 Å². The Morgan fingerprint density at radius 1 is 0.556 bits per heavy atom. The van der Waals surface area contributed by atoms with Gasteiger partial charge in [-0.25, -0.2) is 30.1 Å². The van der Waals surface area contributed by atoms with Crippen LogP contribution >= 0.6 is 160 Å². The summed E-state index contributed by atoms with van der Waals surface area (Å²) in [5, 5.41) is 14.0. The molecule has 0 bridgehead atoms. The average Bonchev–Trinajstić information content (AvgIpc) is 2.49. The number of hydrogen-bond acceptors (Lipinski definition) is 4. The van der Waals surface area contributed by atoms with Gasteiger partial charge in [-0.2, -0.15) is 40.2 Å². The third-order valence-electron chi connectivity index (χ3n) is 0.356. The van der Waals surface area contributed by atoms with Gasteiger partial charge in [-0.3, -0.25) is 0 Å². The van der Waals surface area contributed by atoms with Crippen LogP contribution in [0.5, 0.6) is 0 Å². The summed E-state index contributed by atoms with van der Waals surface area (Å²) in [4.78, 5) is 0. The van der Waals surface area contributed by atoms with Gasteiger partial charge in [0.2, 0.25) is 0 Å². The Hall–Kier alpha value is 7.80. The molecule has 0 heterocycles. The molecule has 0 aliphatic carbocycles. The second kappa shape index (κ2) is 96.8. The molecule has 236 valence electrons. The summed E-state index contributed by atoms with van der Waals surface area (Å²) in [6.07, 6.45) is 0. The van der Waals surface area contributed by atoms with Crippen molar-refractivity contribution in [2.45, 2.75) is 0 Å². The molecule has 10 nitrogen and oxygen atoms in total. The van der Waals surface area contributed by atoms with E-state index in [0.29, 0.717) is 0 Å². The van der Waals surface area contributed by atoms with Gasteiger partial charge in [0.25, 0.3) is 0 Å². The monoisotopic (exact) mass is 999 g/mol. The van der Waals surface area contributed by atoms with Crippen LogP contribution in [0.4, 0.5) is 0 Å². The molecule has 0 unspecified atom stereocenters. The molecule has 0 rings (SSSR count). The van der Waals surface area contributed by atoms with Crippen LogP contribution < -0.4 is 0 Å². The molecule has 0 saturated heterocycles. The van der Waals surface area contributed by atoms with Crippen LogP contribution in [-0.4, -0.2) is 126 Å². The van der Waals surface area contributed by atoms with E-state index in [1.54, 1.807) is 0 Å². The molecule has 32 heteroatoms. The molecule has 0 aromatic rings. The summed E-state index contributed by atoms with van der Waals surface area (Å²) in [7, 11) is 75.4. The first-order valence-corrected chi connectivity index (χ1v) is 33.2. The first-order valence-electron chi connectivity index (χ1n) is 5.03. The van der Waals surface area contributed by atoms with Crippen LogP contribution in [-0.2, 0) is 34.6 Å². The van der Waals surface area contributed by atoms with Gasteiger partial charge in [-0.15, -0.1) is 24.8 Å². The van der Waals surface area contributed by atoms with Crippen LogP contribution in [0.2, 0.25) is 0 Å². The molecule has 0 aliphatic heterocycles. The SMILES string of the molecule is CO.CO.C[O][Al]([Cl])[Cl].C[O][Al]([Cl])[Cl].Cl.Cl.O.O.O.O.O.O.[Al].[Cl][Al]([Cl])[Cl].[Cl][Ti]([Cl])([Cl])[Cl].[Cl][Ti]([Cl])[Cl]. The van der Waals surface area contributed by atoms with E-state index in [4.69, 9.17) is 146 Å². The molecular formula is C4H28Al4Cl16O10Ti2. The van der Waals surface area contributed by atoms with Gasteiger partial charge in [0.05, 0.1) is 0 Å². The van der Waals surface area contributed by atoms with Gasteiger partial charge >= 0.3 is 129 Å². The molecule has 0 aromatic heterocycles. The van der Waals surface area contributed by atoms with E-state index in [0.717, 1.165) is 14.2 Å². The fraction of sp³-hybridized carbons (Fsp3) is 1.00. The maximum atomic E-state index is 7.00. The van der Waals surface area contributed by atoms with E-state index in [1.807, 2.05) is 0 Å². The number of aliphatic hydroxyl groups excluding tert-OH is 2. The van der Waals surface area contributed by atoms with Crippen LogP contribution in [0.1, 0.15) is 0 Å². The molecule has 0 fully saturated rings. The molecule has 0 saturated carbocycles. The van der Waals surface area contributed by atoms with Crippen LogP contribution in [0.3, 0.4) is 0 Å². The van der Waals surface area contributed by atoms with E-state index >= 15 is 0 Å². The number of aliphatic hydroxyl groups is 2. The summed E-state index contributed by atoms with van der Waals surface area (Å²) in [5.74, 6) is 0. The molecule has 0 aromatic carbocycles. The minimum atomic E-state index is -3.11. The van der Waals surface area contributed by atoms with Crippen molar-refractivity contribution in [2.24, 2.45) is 0 Å². The number of halogens is 16. The van der Waals surface area contributed by atoms with Crippen LogP contribution in [0.25, 0.3) is 0 Å². The zero-order valence-corrected chi connectivity index (χ0v) is 38.1. The second-order valence-corrected chi connectivity index (χ2v) is 39.6. The third-order valence-corrected chi connectivity index (χ3v) is 3.21. The number of hydrogen-bond donors (Lipinski definition) is 2. The zero-order chi connectivity index (χ0) is 24.2. The van der Waals surface area contributed by atoms with E-state index in [9.17, 15) is 0 Å². The Bertz CT molecular complexity index is 201. The molecule has 0 spiro atoms. The van der Waals surface area contributed by atoms with Crippen molar-refractivity contribution < 1.29 is 77.7 Å². The summed E-state index contributed by atoms with van der Waals surface area (Å²) in [6.45, 7) is 0. The average molecular weight is 1010 g/mol. The maximum absolute atomic E-state index is 7.00. The molecule has 0 amide bonds. The first kappa shape index (κ1) is 104. The molecule has 14 N–H and O–H groups in total. The Morgan fingerprint density at radius 2 is 0.583 bits per heavy atom. The van der Waals surface area contributed by atoms with E-state index < -0.39 is 63.7 Å². The van der Waals surface area contributed by atoms with Crippen molar-refractivity contribution in [1.82, 2.24) is 0 Å². The molecular weight excluding hydrogens is 979 g/mol. The fourth-order valence-electron chi connectivity index (χ4n) is 0. The Balaban J connectivity index is -0.00000000905. The predicted molar refractivity (Wildman–Crippen MR) is 171 cm³/mol. The van der Waals surface area contributed by atoms with Gasteiger partial charge in [0.1, 0.15) is 0 Å². The van der Waals surface area contributed by atoms with Crippen molar-refractivity contribution >= 4 is 214 Å². The van der Waals surface area contributed by atoms with Gasteiger partial charge in [-0.05, 0) is 0 Å². The summed E-state index contributed by atoms with van der Waals surface area (Å²) in [6, 6.07) is 0. The zero-order valence-electron chi connectivity index (χ0n) is 18.1. The van der Waals surface area contributed by atoms with Gasteiger partial charge in [0.15, 0.2) is 0 Å². The quantitative estimate of drug-likeness (QED) is 0.395. The number of rotatable bonds is 2. The van der Waals surface area contributed by atoms with E-state index in [-0.39, 0.29) is 75.0 Å². The molecule has 0 aliphatic rings. The predicted octanol–water partition coefficient (Wildman–Crippen LogP) is 3.43. The van der Waals surface area contributed by atoms with Gasteiger partial charge < -0.3 is 50.6 Å².